The van der Waals surface area contributed by atoms with Crippen LogP contribution in [0.3, 0.4) is 0 Å². The summed E-state index contributed by atoms with van der Waals surface area (Å²) in [6, 6.07) is 5.49. The SMILES string of the molecule is Bc1cc(OC)cc(C(C)=O)c1. The Morgan fingerprint density at radius 1 is 1.42 bits per heavy atom. The van der Waals surface area contributed by atoms with Crippen LogP contribution in [0.1, 0.15) is 17.3 Å². The summed E-state index contributed by atoms with van der Waals surface area (Å²) in [4.78, 5) is 11.0. The number of ether oxygens (including phenoxy) is 1. The normalized spacial score (nSPS) is 9.50. The van der Waals surface area contributed by atoms with Crippen molar-refractivity contribution in [2.24, 2.45) is 0 Å². The Labute approximate surface area is 73.0 Å². The maximum atomic E-state index is 11.0. The summed E-state index contributed by atoms with van der Waals surface area (Å²) < 4.78 is 5.03. The quantitative estimate of drug-likeness (QED) is 0.457. The van der Waals surface area contributed by atoms with Gasteiger partial charge in [0.05, 0.1) is 7.11 Å². The molecule has 0 aromatic heterocycles. The zero-order valence-corrected chi connectivity index (χ0v) is 7.55. The van der Waals surface area contributed by atoms with Crippen LogP contribution in [0.2, 0.25) is 0 Å². The number of carbonyl (C=O) groups excluding carboxylic acids is 1. The lowest BCUT2D eigenvalue weighted by atomic mass is 9.93. The van der Waals surface area contributed by atoms with Gasteiger partial charge in [-0.2, -0.15) is 0 Å². The van der Waals surface area contributed by atoms with E-state index in [1.807, 2.05) is 20.0 Å². The lowest BCUT2D eigenvalue weighted by Gasteiger charge is -2.03. The Bertz CT molecular complexity index is 307. The largest absolute Gasteiger partial charge is 0.497 e. The van der Waals surface area contributed by atoms with E-state index in [1.54, 1.807) is 20.1 Å². The maximum Gasteiger partial charge on any atom is 0.159 e. The molecule has 0 fully saturated rings. The van der Waals surface area contributed by atoms with E-state index in [2.05, 4.69) is 0 Å². The number of carbonyl (C=O) groups is 1. The molecule has 0 unspecified atom stereocenters. The van der Waals surface area contributed by atoms with E-state index in [-0.39, 0.29) is 5.78 Å². The molecule has 1 aromatic carbocycles. The molecule has 0 atom stereocenters. The van der Waals surface area contributed by atoms with Gasteiger partial charge in [-0.25, -0.2) is 0 Å². The van der Waals surface area contributed by atoms with Crippen LogP contribution in [-0.2, 0) is 0 Å². The molecule has 0 heterocycles. The first-order valence-corrected chi connectivity index (χ1v) is 3.80. The van der Waals surface area contributed by atoms with Crippen LogP contribution in [0.5, 0.6) is 5.75 Å². The topological polar surface area (TPSA) is 26.3 Å². The fourth-order valence-corrected chi connectivity index (χ4v) is 1.07. The van der Waals surface area contributed by atoms with E-state index in [0.29, 0.717) is 5.56 Å². The van der Waals surface area contributed by atoms with E-state index in [1.165, 1.54) is 0 Å². The average molecular weight is 162 g/mol. The third-order valence-electron chi connectivity index (χ3n) is 1.69. The number of hydrogen-bond donors (Lipinski definition) is 0. The maximum absolute atomic E-state index is 11.0. The first kappa shape index (κ1) is 8.85. The van der Waals surface area contributed by atoms with Gasteiger partial charge in [-0.15, -0.1) is 0 Å². The van der Waals surface area contributed by atoms with E-state index < -0.39 is 0 Å². The Morgan fingerprint density at radius 3 is 2.58 bits per heavy atom. The third-order valence-corrected chi connectivity index (χ3v) is 1.69. The Balaban J connectivity index is 3.15. The number of rotatable bonds is 2. The summed E-state index contributed by atoms with van der Waals surface area (Å²) in [7, 11) is 3.54. The molecule has 0 saturated heterocycles. The molecule has 62 valence electrons. The summed E-state index contributed by atoms with van der Waals surface area (Å²) in [6.07, 6.45) is 0. The summed E-state index contributed by atoms with van der Waals surface area (Å²) in [5, 5.41) is 0. The zero-order valence-electron chi connectivity index (χ0n) is 7.55. The van der Waals surface area contributed by atoms with Gasteiger partial charge in [0, 0.05) is 5.56 Å². The fraction of sp³-hybridized carbons (Fsp3) is 0.222. The minimum absolute atomic E-state index is 0.0667. The van der Waals surface area contributed by atoms with Gasteiger partial charge in [0.15, 0.2) is 5.78 Å². The minimum Gasteiger partial charge on any atom is -0.497 e. The van der Waals surface area contributed by atoms with Crippen molar-refractivity contribution < 1.29 is 9.53 Å². The molecule has 3 heteroatoms. The molecule has 0 aliphatic rings. The summed E-state index contributed by atoms with van der Waals surface area (Å²) >= 11 is 0. The molecule has 2 nitrogen and oxygen atoms in total. The highest BCUT2D eigenvalue weighted by Crippen LogP contribution is 2.10. The highest BCUT2D eigenvalue weighted by molar-refractivity contribution is 6.32. The average Bonchev–Trinajstić information content (AvgIpc) is 2.03. The molecule has 0 bridgehead atoms. The van der Waals surface area contributed by atoms with Crippen molar-refractivity contribution in [2.75, 3.05) is 7.11 Å². The van der Waals surface area contributed by atoms with Crippen LogP contribution < -0.4 is 10.2 Å². The fourth-order valence-electron chi connectivity index (χ4n) is 1.07. The summed E-state index contributed by atoms with van der Waals surface area (Å²) in [5.41, 5.74) is 1.74. The number of benzene rings is 1. The molecule has 0 saturated carbocycles. The van der Waals surface area contributed by atoms with Crippen LogP contribution in [0, 0.1) is 0 Å². The number of methoxy groups -OCH3 is 1. The van der Waals surface area contributed by atoms with Gasteiger partial charge in [0.25, 0.3) is 0 Å². The van der Waals surface area contributed by atoms with Crippen LogP contribution in [0.25, 0.3) is 0 Å². The third kappa shape index (κ3) is 1.88. The van der Waals surface area contributed by atoms with Crippen LogP contribution in [0.15, 0.2) is 18.2 Å². The van der Waals surface area contributed by atoms with E-state index in [4.69, 9.17) is 4.74 Å². The molecule has 1 aromatic rings. The Kier molecular flexibility index (Phi) is 2.53. The van der Waals surface area contributed by atoms with E-state index in [9.17, 15) is 4.79 Å². The van der Waals surface area contributed by atoms with E-state index >= 15 is 0 Å². The predicted octanol–water partition coefficient (Wildman–Crippen LogP) is 0.156. The molecule has 0 amide bonds. The number of ketones is 1. The second-order valence-corrected chi connectivity index (χ2v) is 2.80. The molecule has 0 aliphatic heterocycles. The lowest BCUT2D eigenvalue weighted by Crippen LogP contribution is -2.06. The number of Topliss-reactive ketones (excluding diaryl/α,β-unsaturated/α-hetero) is 1. The smallest absolute Gasteiger partial charge is 0.159 e. The molecule has 12 heavy (non-hydrogen) atoms. The van der Waals surface area contributed by atoms with Gasteiger partial charge in [-0.1, -0.05) is 11.5 Å². The van der Waals surface area contributed by atoms with Gasteiger partial charge in [0.2, 0.25) is 0 Å². The van der Waals surface area contributed by atoms with Gasteiger partial charge in [-0.3, -0.25) is 4.79 Å². The molecule has 0 spiro atoms. The molecular formula is C9H11BO2. The highest BCUT2D eigenvalue weighted by atomic mass is 16.5. The van der Waals surface area contributed by atoms with Crippen LogP contribution in [0.4, 0.5) is 0 Å². The van der Waals surface area contributed by atoms with Gasteiger partial charge >= 0.3 is 0 Å². The van der Waals surface area contributed by atoms with Crippen LogP contribution >= 0.6 is 0 Å². The second kappa shape index (κ2) is 3.43. The minimum atomic E-state index is 0.0667. The van der Waals surface area contributed by atoms with Crippen molar-refractivity contribution in [1.29, 1.82) is 0 Å². The predicted molar refractivity (Wildman–Crippen MR) is 51.2 cm³/mol. The van der Waals surface area contributed by atoms with Crippen molar-refractivity contribution >= 4 is 19.1 Å². The Morgan fingerprint density at radius 2 is 2.08 bits per heavy atom. The van der Waals surface area contributed by atoms with Crippen LogP contribution in [-0.4, -0.2) is 20.7 Å². The monoisotopic (exact) mass is 162 g/mol. The zero-order chi connectivity index (χ0) is 9.14. The van der Waals surface area contributed by atoms with E-state index in [0.717, 1.165) is 11.2 Å². The highest BCUT2D eigenvalue weighted by Gasteiger charge is 2.01. The van der Waals surface area contributed by atoms with Crippen molar-refractivity contribution in [1.82, 2.24) is 0 Å². The first-order valence-electron chi connectivity index (χ1n) is 3.80. The van der Waals surface area contributed by atoms with Crippen molar-refractivity contribution in [2.45, 2.75) is 6.92 Å². The van der Waals surface area contributed by atoms with Gasteiger partial charge in [0.1, 0.15) is 13.6 Å². The first-order chi connectivity index (χ1) is 5.63. The van der Waals surface area contributed by atoms with Gasteiger partial charge in [-0.05, 0) is 19.1 Å². The lowest BCUT2D eigenvalue weighted by molar-refractivity contribution is 0.101. The molecule has 1 rings (SSSR count). The number of hydrogen-bond acceptors (Lipinski definition) is 2. The second-order valence-electron chi connectivity index (χ2n) is 2.80. The molecular weight excluding hydrogens is 151 g/mol. The molecule has 0 N–H and O–H groups in total. The Hall–Kier alpha value is -1.25. The molecule has 0 aliphatic carbocycles. The molecule has 0 radical (unpaired) electrons. The van der Waals surface area contributed by atoms with Gasteiger partial charge < -0.3 is 4.74 Å². The van der Waals surface area contributed by atoms with Crippen molar-refractivity contribution in [3.63, 3.8) is 0 Å². The summed E-state index contributed by atoms with van der Waals surface area (Å²) in [6.45, 7) is 1.55. The summed E-state index contributed by atoms with van der Waals surface area (Å²) in [5.74, 6) is 0.803. The van der Waals surface area contributed by atoms with Crippen molar-refractivity contribution in [3.8, 4) is 5.75 Å². The van der Waals surface area contributed by atoms with Crippen molar-refractivity contribution in [3.05, 3.63) is 23.8 Å². The standard InChI is InChI=1S/C9H11BO2/c1-6(11)7-3-8(10)5-9(4-7)12-2/h3-5H,10H2,1-2H3.